The second kappa shape index (κ2) is 3.46. The smallest absolute Gasteiger partial charge is 0.127 e. The third kappa shape index (κ3) is 1.64. The fourth-order valence-corrected chi connectivity index (χ4v) is 1.33. The first kappa shape index (κ1) is 7.41. The van der Waals surface area contributed by atoms with Gasteiger partial charge in [0.2, 0.25) is 0 Å². The molecule has 1 atom stereocenters. The lowest BCUT2D eigenvalue weighted by atomic mass is 10.5. The molecule has 1 heterocycles. The Morgan fingerprint density at radius 3 is 2.90 bits per heavy atom. The summed E-state index contributed by atoms with van der Waals surface area (Å²) in [5, 5.41) is 0.671. The predicted octanol–water partition coefficient (Wildman–Crippen LogP) is 1.21. The van der Waals surface area contributed by atoms with E-state index in [0.717, 1.165) is 0 Å². The van der Waals surface area contributed by atoms with Crippen molar-refractivity contribution in [3.63, 3.8) is 0 Å². The Bertz CT molecular complexity index is 222. The van der Waals surface area contributed by atoms with E-state index in [1.54, 1.807) is 12.3 Å². The Morgan fingerprint density at radius 2 is 2.40 bits per heavy atom. The number of aromatic nitrogens is 1. The van der Waals surface area contributed by atoms with Gasteiger partial charge < -0.3 is 0 Å². The summed E-state index contributed by atoms with van der Waals surface area (Å²) < 4.78 is 11.1. The zero-order chi connectivity index (χ0) is 7.40. The Balaban J connectivity index is 2.85. The third-order valence-electron chi connectivity index (χ3n) is 1.13. The highest BCUT2D eigenvalue weighted by Gasteiger charge is 1.98. The molecule has 10 heavy (non-hydrogen) atoms. The minimum absolute atomic E-state index is 0.636. The molecule has 0 radical (unpaired) electrons. The van der Waals surface area contributed by atoms with E-state index in [1.165, 1.54) is 0 Å². The second-order valence-corrected chi connectivity index (χ2v) is 3.49. The van der Waals surface area contributed by atoms with Crippen molar-refractivity contribution in [2.75, 3.05) is 5.75 Å². The van der Waals surface area contributed by atoms with Crippen LogP contribution in [0.3, 0.4) is 0 Å². The van der Waals surface area contributed by atoms with Gasteiger partial charge in [-0.05, 0) is 12.1 Å². The van der Waals surface area contributed by atoms with Crippen molar-refractivity contribution in [3.05, 3.63) is 24.4 Å². The maximum Gasteiger partial charge on any atom is 0.127 e. The van der Waals surface area contributed by atoms with Crippen molar-refractivity contribution in [2.24, 2.45) is 0 Å². The van der Waals surface area contributed by atoms with Gasteiger partial charge in [-0.2, -0.15) is 0 Å². The van der Waals surface area contributed by atoms with E-state index in [2.05, 4.69) is 4.98 Å². The SMILES string of the molecule is CC[S@@](=O)c1ccccn1. The van der Waals surface area contributed by atoms with E-state index in [0.29, 0.717) is 10.8 Å². The number of nitrogens with zero attached hydrogens (tertiary/aromatic N) is 1. The highest BCUT2D eigenvalue weighted by Crippen LogP contribution is 1.99. The summed E-state index contributed by atoms with van der Waals surface area (Å²) in [6.07, 6.45) is 1.66. The minimum atomic E-state index is -0.901. The number of hydrogen-bond acceptors (Lipinski definition) is 2. The monoisotopic (exact) mass is 155 g/mol. The normalized spacial score (nSPS) is 12.9. The molecule has 0 spiro atoms. The fraction of sp³-hybridized carbons (Fsp3) is 0.286. The Morgan fingerprint density at radius 1 is 1.60 bits per heavy atom. The second-order valence-electron chi connectivity index (χ2n) is 1.80. The summed E-state index contributed by atoms with van der Waals surface area (Å²) in [6.45, 7) is 1.88. The van der Waals surface area contributed by atoms with E-state index in [1.807, 2.05) is 19.1 Å². The van der Waals surface area contributed by atoms with Crippen LogP contribution < -0.4 is 0 Å². The van der Waals surface area contributed by atoms with Gasteiger partial charge in [-0.25, -0.2) is 4.98 Å². The molecule has 0 aliphatic heterocycles. The molecule has 1 aromatic heterocycles. The van der Waals surface area contributed by atoms with Gasteiger partial charge in [-0.3, -0.25) is 4.21 Å². The van der Waals surface area contributed by atoms with Crippen molar-refractivity contribution >= 4 is 10.8 Å². The molecular formula is C7H9NOS. The van der Waals surface area contributed by atoms with Gasteiger partial charge in [-0.1, -0.05) is 13.0 Å². The summed E-state index contributed by atoms with van der Waals surface area (Å²) in [6, 6.07) is 5.44. The van der Waals surface area contributed by atoms with Crippen LogP contribution >= 0.6 is 0 Å². The highest BCUT2D eigenvalue weighted by molar-refractivity contribution is 7.84. The molecule has 1 rings (SSSR count). The van der Waals surface area contributed by atoms with Crippen molar-refractivity contribution in [1.29, 1.82) is 0 Å². The molecule has 0 saturated heterocycles. The zero-order valence-corrected chi connectivity index (χ0v) is 6.60. The maximum absolute atomic E-state index is 11.1. The van der Waals surface area contributed by atoms with Crippen LogP contribution in [0.4, 0.5) is 0 Å². The maximum atomic E-state index is 11.1. The van der Waals surface area contributed by atoms with E-state index in [9.17, 15) is 4.21 Å². The molecule has 0 aromatic carbocycles. The summed E-state index contributed by atoms with van der Waals surface area (Å²) in [4.78, 5) is 3.95. The van der Waals surface area contributed by atoms with E-state index < -0.39 is 10.8 Å². The van der Waals surface area contributed by atoms with Gasteiger partial charge in [0.1, 0.15) is 5.03 Å². The quantitative estimate of drug-likeness (QED) is 0.642. The van der Waals surface area contributed by atoms with Crippen LogP contribution in [0, 0.1) is 0 Å². The van der Waals surface area contributed by atoms with Gasteiger partial charge in [0.15, 0.2) is 0 Å². The molecule has 0 fully saturated rings. The molecule has 0 bridgehead atoms. The molecule has 0 aliphatic rings. The van der Waals surface area contributed by atoms with Crippen LogP contribution in [0.2, 0.25) is 0 Å². The lowest BCUT2D eigenvalue weighted by Crippen LogP contribution is -1.95. The zero-order valence-electron chi connectivity index (χ0n) is 5.78. The van der Waals surface area contributed by atoms with Gasteiger partial charge in [0.25, 0.3) is 0 Å². The summed E-state index contributed by atoms with van der Waals surface area (Å²) in [5.74, 6) is 0.636. The van der Waals surface area contributed by atoms with Crippen molar-refractivity contribution < 1.29 is 4.21 Å². The average Bonchev–Trinajstić information content (AvgIpc) is 2.05. The standard InChI is InChI=1S/C7H9NOS/c1-2-10(9)7-5-3-4-6-8-7/h3-6H,2H2,1H3/t10-/m1/s1. The van der Waals surface area contributed by atoms with Crippen LogP contribution in [-0.2, 0) is 10.8 Å². The first-order chi connectivity index (χ1) is 4.84. The van der Waals surface area contributed by atoms with Gasteiger partial charge >= 0.3 is 0 Å². The van der Waals surface area contributed by atoms with Crippen LogP contribution in [0.5, 0.6) is 0 Å². The van der Waals surface area contributed by atoms with Gasteiger partial charge in [0, 0.05) is 11.9 Å². The van der Waals surface area contributed by atoms with Crippen LogP contribution in [0.15, 0.2) is 29.4 Å². The third-order valence-corrected chi connectivity index (χ3v) is 2.37. The summed E-state index contributed by atoms with van der Waals surface area (Å²) >= 11 is 0. The molecule has 2 nitrogen and oxygen atoms in total. The Kier molecular flexibility index (Phi) is 2.57. The number of pyridine rings is 1. The summed E-state index contributed by atoms with van der Waals surface area (Å²) in [5.41, 5.74) is 0. The topological polar surface area (TPSA) is 30.0 Å². The Hall–Kier alpha value is -0.700. The Labute approximate surface area is 62.8 Å². The molecule has 0 N–H and O–H groups in total. The van der Waals surface area contributed by atoms with Crippen molar-refractivity contribution in [3.8, 4) is 0 Å². The summed E-state index contributed by atoms with van der Waals surface area (Å²) in [7, 11) is -0.901. The first-order valence-corrected chi connectivity index (χ1v) is 4.46. The van der Waals surface area contributed by atoms with E-state index in [4.69, 9.17) is 0 Å². The minimum Gasteiger partial charge on any atom is -0.253 e. The van der Waals surface area contributed by atoms with Crippen LogP contribution in [0.1, 0.15) is 6.92 Å². The number of hydrogen-bond donors (Lipinski definition) is 0. The van der Waals surface area contributed by atoms with Gasteiger partial charge in [-0.15, -0.1) is 0 Å². The molecule has 3 heteroatoms. The van der Waals surface area contributed by atoms with Crippen molar-refractivity contribution in [2.45, 2.75) is 11.9 Å². The van der Waals surface area contributed by atoms with Crippen LogP contribution in [-0.4, -0.2) is 14.9 Å². The molecule has 0 unspecified atom stereocenters. The van der Waals surface area contributed by atoms with Crippen molar-refractivity contribution in [1.82, 2.24) is 4.98 Å². The molecular weight excluding hydrogens is 146 g/mol. The van der Waals surface area contributed by atoms with E-state index >= 15 is 0 Å². The van der Waals surface area contributed by atoms with Gasteiger partial charge in [0.05, 0.1) is 10.8 Å². The molecule has 54 valence electrons. The lowest BCUT2D eigenvalue weighted by Gasteiger charge is -1.93. The van der Waals surface area contributed by atoms with E-state index in [-0.39, 0.29) is 0 Å². The highest BCUT2D eigenvalue weighted by atomic mass is 32.2. The predicted molar refractivity (Wildman–Crippen MR) is 41.2 cm³/mol. The fourth-order valence-electron chi connectivity index (χ4n) is 0.630. The van der Waals surface area contributed by atoms with Crippen LogP contribution in [0.25, 0.3) is 0 Å². The average molecular weight is 155 g/mol. The first-order valence-electron chi connectivity index (χ1n) is 3.14. The molecule has 0 aliphatic carbocycles. The largest absolute Gasteiger partial charge is 0.253 e. The molecule has 1 aromatic rings. The lowest BCUT2D eigenvalue weighted by molar-refractivity contribution is 0.681. The number of rotatable bonds is 2. The molecule has 0 saturated carbocycles. The molecule has 0 amide bonds.